The van der Waals surface area contributed by atoms with E-state index in [0.29, 0.717) is 36.2 Å². The Morgan fingerprint density at radius 1 is 1.17 bits per heavy atom. The van der Waals surface area contributed by atoms with E-state index in [9.17, 15) is 22.4 Å². The minimum absolute atomic E-state index is 0.0631. The number of nitrogens with one attached hydrogen (secondary N) is 1. The third kappa shape index (κ3) is 4.35. The molecule has 2 aromatic heterocycles. The maximum absolute atomic E-state index is 14.0. The zero-order valence-electron chi connectivity index (χ0n) is 19.6. The summed E-state index contributed by atoms with van der Waals surface area (Å²) in [6.45, 7) is 3.16. The van der Waals surface area contributed by atoms with Crippen molar-refractivity contribution in [3.05, 3.63) is 59.3 Å². The molecule has 3 aromatic rings. The number of rotatable bonds is 5. The highest BCUT2D eigenvalue weighted by molar-refractivity contribution is 5.89. The fraction of sp³-hybridized carbons (Fsp3) is 0.417. The maximum Gasteiger partial charge on any atom is 0.416 e. The summed E-state index contributed by atoms with van der Waals surface area (Å²) in [5.74, 6) is 0.435. The second-order valence-corrected chi connectivity index (χ2v) is 8.94. The molecule has 2 aliphatic rings. The zero-order valence-corrected chi connectivity index (χ0v) is 19.6. The second kappa shape index (κ2) is 9.07. The van der Waals surface area contributed by atoms with Crippen molar-refractivity contribution in [1.29, 1.82) is 0 Å². The minimum Gasteiger partial charge on any atom is -0.447 e. The average molecular weight is 504 g/mol. The van der Waals surface area contributed by atoms with E-state index in [0.717, 1.165) is 11.8 Å². The summed E-state index contributed by atoms with van der Waals surface area (Å²) in [5, 5.41) is 3.17. The van der Waals surface area contributed by atoms with Crippen LogP contribution in [0, 0.1) is 0 Å². The third-order valence-corrected chi connectivity index (χ3v) is 6.50. The predicted molar refractivity (Wildman–Crippen MR) is 123 cm³/mol. The molecule has 0 bridgehead atoms. The molecular formula is C24H24F4N6O2. The highest BCUT2D eigenvalue weighted by Gasteiger charge is 2.39. The van der Waals surface area contributed by atoms with Crippen molar-refractivity contribution in [1.82, 2.24) is 19.5 Å². The van der Waals surface area contributed by atoms with Crippen LogP contribution in [0.25, 0.3) is 5.69 Å². The van der Waals surface area contributed by atoms with Crippen LogP contribution in [-0.2, 0) is 23.8 Å². The number of aryl methyl sites for hydroxylation is 1. The number of anilines is 2. The number of hydrogen-bond donors (Lipinski definition) is 1. The van der Waals surface area contributed by atoms with Gasteiger partial charge in [-0.05, 0) is 62.9 Å². The van der Waals surface area contributed by atoms with Crippen LogP contribution in [0.5, 0.6) is 0 Å². The van der Waals surface area contributed by atoms with Gasteiger partial charge >= 0.3 is 12.3 Å². The van der Waals surface area contributed by atoms with Crippen molar-refractivity contribution in [3.8, 4) is 5.69 Å². The number of nitrogens with zero attached hydrogens (tertiary/aromatic N) is 5. The molecule has 1 amide bonds. The molecule has 0 saturated carbocycles. The molecule has 1 saturated heterocycles. The largest absolute Gasteiger partial charge is 0.447 e. The summed E-state index contributed by atoms with van der Waals surface area (Å²) < 4.78 is 60.4. The Kier molecular flexibility index (Phi) is 6.05. The normalized spacial score (nSPS) is 19.2. The standard InChI is InChI=1S/C24H24F4N6O2/c1-13(25)19-11-36-23(35)34(19)20-8-9-29-22(32-20)31-14(2)21-18-5-3-4-15-10-16(24(26,27)28)6-7-17(15)33(18)12-30-21/h6-10,12-14,19H,3-5,11H2,1-2H3,(H,29,31,32)/t13?,14?,19-/m1/s1. The summed E-state index contributed by atoms with van der Waals surface area (Å²) in [6.07, 6.45) is -1.47. The van der Waals surface area contributed by atoms with Gasteiger partial charge in [0.1, 0.15) is 24.6 Å². The number of carbonyl (C=O) groups is 1. The van der Waals surface area contributed by atoms with Crippen LogP contribution in [0.4, 0.5) is 34.1 Å². The first-order chi connectivity index (χ1) is 17.1. The molecule has 2 aliphatic heterocycles. The molecule has 5 rings (SSSR count). The van der Waals surface area contributed by atoms with Crippen molar-refractivity contribution in [2.45, 2.75) is 57.5 Å². The average Bonchev–Trinajstić information content (AvgIpc) is 3.37. The molecule has 36 heavy (non-hydrogen) atoms. The number of benzene rings is 1. The van der Waals surface area contributed by atoms with Gasteiger partial charge in [-0.1, -0.05) is 0 Å². The lowest BCUT2D eigenvalue weighted by molar-refractivity contribution is -0.137. The van der Waals surface area contributed by atoms with Crippen molar-refractivity contribution in [2.75, 3.05) is 16.8 Å². The number of cyclic esters (lactones) is 1. The van der Waals surface area contributed by atoms with Crippen molar-refractivity contribution < 1.29 is 27.1 Å². The van der Waals surface area contributed by atoms with Crippen molar-refractivity contribution in [2.24, 2.45) is 0 Å². The van der Waals surface area contributed by atoms with Crippen LogP contribution < -0.4 is 10.2 Å². The maximum atomic E-state index is 14.0. The second-order valence-electron chi connectivity index (χ2n) is 8.94. The molecule has 3 atom stereocenters. The van der Waals surface area contributed by atoms with Crippen molar-refractivity contribution in [3.63, 3.8) is 0 Å². The molecule has 0 spiro atoms. The van der Waals surface area contributed by atoms with Crippen LogP contribution in [-0.4, -0.2) is 44.4 Å². The molecule has 12 heteroatoms. The molecule has 0 aliphatic carbocycles. The Hall–Kier alpha value is -3.70. The van der Waals surface area contributed by atoms with E-state index < -0.39 is 30.0 Å². The summed E-state index contributed by atoms with van der Waals surface area (Å²) in [6, 6.07) is 4.16. The molecule has 190 valence electrons. The molecule has 1 fully saturated rings. The number of aromatic nitrogens is 4. The van der Waals surface area contributed by atoms with Gasteiger partial charge in [-0.25, -0.2) is 19.2 Å². The number of alkyl halides is 4. The van der Waals surface area contributed by atoms with Gasteiger partial charge in [0.2, 0.25) is 5.95 Å². The fourth-order valence-electron chi connectivity index (χ4n) is 4.70. The topological polar surface area (TPSA) is 85.2 Å². The highest BCUT2D eigenvalue weighted by atomic mass is 19.4. The first-order valence-electron chi connectivity index (χ1n) is 11.6. The van der Waals surface area contributed by atoms with Crippen molar-refractivity contribution >= 4 is 17.9 Å². The molecule has 8 nitrogen and oxygen atoms in total. The van der Waals surface area contributed by atoms with Crippen LogP contribution in [0.1, 0.15) is 48.8 Å². The van der Waals surface area contributed by atoms with E-state index in [1.165, 1.54) is 36.2 Å². The van der Waals surface area contributed by atoms with Gasteiger partial charge in [0, 0.05) is 17.6 Å². The van der Waals surface area contributed by atoms with E-state index in [1.807, 2.05) is 11.5 Å². The van der Waals surface area contributed by atoms with Crippen LogP contribution >= 0.6 is 0 Å². The lowest BCUT2D eigenvalue weighted by Crippen LogP contribution is -2.39. The number of fused-ring (bicyclic) bond motifs is 3. The van der Waals surface area contributed by atoms with Gasteiger partial charge in [0.15, 0.2) is 0 Å². The SMILES string of the molecule is CC(Nc1nccc(N2C(=O)OC[C@@H]2C(C)F)n1)c1ncn2c1CCCc1cc(C(F)(F)F)ccc1-2. The van der Waals surface area contributed by atoms with Crippen LogP contribution in [0.15, 0.2) is 36.8 Å². The number of hydrogen-bond acceptors (Lipinski definition) is 6. The number of halogens is 4. The van der Waals surface area contributed by atoms with E-state index in [2.05, 4.69) is 20.3 Å². The van der Waals surface area contributed by atoms with Crippen LogP contribution in [0.3, 0.4) is 0 Å². The fourth-order valence-corrected chi connectivity index (χ4v) is 4.70. The number of amides is 1. The zero-order chi connectivity index (χ0) is 25.6. The van der Waals surface area contributed by atoms with Gasteiger partial charge < -0.3 is 14.6 Å². The first kappa shape index (κ1) is 24.0. The molecule has 1 N–H and O–H groups in total. The lowest BCUT2D eigenvalue weighted by atomic mass is 10.0. The summed E-state index contributed by atoms with van der Waals surface area (Å²) >= 11 is 0. The molecular weight excluding hydrogens is 480 g/mol. The number of carbonyl (C=O) groups excluding carboxylic acids is 1. The van der Waals surface area contributed by atoms with Crippen LogP contribution in [0.2, 0.25) is 0 Å². The number of ether oxygens (including phenoxy) is 1. The van der Waals surface area contributed by atoms with E-state index in [-0.39, 0.29) is 24.4 Å². The highest BCUT2D eigenvalue weighted by Crippen LogP contribution is 2.35. The van der Waals surface area contributed by atoms with Gasteiger partial charge in [-0.2, -0.15) is 18.2 Å². The van der Waals surface area contributed by atoms with Gasteiger partial charge in [-0.15, -0.1) is 0 Å². The minimum atomic E-state index is -4.40. The summed E-state index contributed by atoms with van der Waals surface area (Å²) in [4.78, 5) is 26.5. The van der Waals surface area contributed by atoms with E-state index in [1.54, 1.807) is 6.33 Å². The quantitative estimate of drug-likeness (QED) is 0.491. The van der Waals surface area contributed by atoms with Gasteiger partial charge in [-0.3, -0.25) is 4.90 Å². The smallest absolute Gasteiger partial charge is 0.416 e. The molecule has 0 radical (unpaired) electrons. The Balaban J connectivity index is 1.40. The Morgan fingerprint density at radius 3 is 2.72 bits per heavy atom. The Morgan fingerprint density at radius 2 is 1.97 bits per heavy atom. The molecule has 1 aromatic carbocycles. The van der Waals surface area contributed by atoms with Gasteiger partial charge in [0.05, 0.1) is 23.6 Å². The van der Waals surface area contributed by atoms with E-state index in [4.69, 9.17) is 4.74 Å². The number of imidazole rings is 1. The molecule has 2 unspecified atom stereocenters. The monoisotopic (exact) mass is 504 g/mol. The lowest BCUT2D eigenvalue weighted by Gasteiger charge is -2.22. The third-order valence-electron chi connectivity index (χ3n) is 6.50. The first-order valence-corrected chi connectivity index (χ1v) is 11.6. The van der Waals surface area contributed by atoms with Gasteiger partial charge in [0.25, 0.3) is 0 Å². The Labute approximate surface area is 204 Å². The predicted octanol–water partition coefficient (Wildman–Crippen LogP) is 5.03. The van der Waals surface area contributed by atoms with E-state index >= 15 is 0 Å². The molecule has 4 heterocycles. The Bertz CT molecular complexity index is 1290. The summed E-state index contributed by atoms with van der Waals surface area (Å²) in [5.41, 5.74) is 2.24. The summed E-state index contributed by atoms with van der Waals surface area (Å²) in [7, 11) is 0.